The van der Waals surface area contributed by atoms with Crippen LogP contribution in [0.15, 0.2) is 59.5 Å². The molecule has 6 heteroatoms. The number of nitrogens with one attached hydrogen (secondary N) is 1. The Kier molecular flexibility index (Phi) is 4.48. The quantitative estimate of drug-likeness (QED) is 0.815. The van der Waals surface area contributed by atoms with Gasteiger partial charge < -0.3 is 10.1 Å². The van der Waals surface area contributed by atoms with Crippen molar-refractivity contribution in [2.45, 2.75) is 23.3 Å². The summed E-state index contributed by atoms with van der Waals surface area (Å²) in [5.74, 6) is 1.42. The smallest absolute Gasteiger partial charge is 0.242 e. The molecule has 0 radical (unpaired) electrons. The number of allylic oxidation sites excluding steroid dienone is 2. The summed E-state index contributed by atoms with van der Waals surface area (Å²) in [5.41, 5.74) is 3.27. The number of benzene rings is 2. The first-order chi connectivity index (χ1) is 12.9. The Morgan fingerprint density at radius 1 is 1.11 bits per heavy atom. The molecule has 3 unspecified atom stereocenters. The van der Waals surface area contributed by atoms with Gasteiger partial charge in [0.05, 0.1) is 18.0 Å². The second-order valence-corrected chi connectivity index (χ2v) is 9.44. The van der Waals surface area contributed by atoms with Gasteiger partial charge in [0, 0.05) is 25.7 Å². The highest BCUT2D eigenvalue weighted by molar-refractivity contribution is 7.89. The minimum absolute atomic E-state index is 0.180. The topological polar surface area (TPSA) is 58.6 Å². The maximum Gasteiger partial charge on any atom is 0.242 e. The highest BCUT2D eigenvalue weighted by atomic mass is 32.2. The second kappa shape index (κ2) is 6.69. The average molecular weight is 385 g/mol. The molecule has 0 saturated carbocycles. The van der Waals surface area contributed by atoms with Crippen LogP contribution in [0.2, 0.25) is 0 Å². The number of hydrogen-bond acceptors (Lipinski definition) is 4. The first-order valence-corrected chi connectivity index (χ1v) is 10.5. The van der Waals surface area contributed by atoms with Crippen LogP contribution in [0.1, 0.15) is 29.5 Å². The number of ether oxygens (including phenoxy) is 1. The highest BCUT2D eigenvalue weighted by Crippen LogP contribution is 2.50. The maximum atomic E-state index is 12.5. The number of anilines is 1. The van der Waals surface area contributed by atoms with Gasteiger partial charge in [-0.3, -0.25) is 0 Å². The third kappa shape index (κ3) is 3.03. The Labute approximate surface area is 160 Å². The van der Waals surface area contributed by atoms with Gasteiger partial charge in [0.15, 0.2) is 0 Å². The fraction of sp³-hybridized carbons (Fsp3) is 0.333. The monoisotopic (exact) mass is 384 g/mol. The maximum absolute atomic E-state index is 12.5. The van der Waals surface area contributed by atoms with Crippen LogP contribution in [0.25, 0.3) is 0 Å². The Morgan fingerprint density at radius 3 is 2.52 bits per heavy atom. The minimum Gasteiger partial charge on any atom is -0.497 e. The van der Waals surface area contributed by atoms with Gasteiger partial charge in [0.2, 0.25) is 10.0 Å². The van der Waals surface area contributed by atoms with Gasteiger partial charge in [-0.2, -0.15) is 0 Å². The SMILES string of the molecule is COc1ccc(C2Nc3ccc(S(=O)(=O)N(C)C)cc3C3C=CCC32)cc1. The van der Waals surface area contributed by atoms with Gasteiger partial charge in [-0.15, -0.1) is 0 Å². The van der Waals surface area contributed by atoms with Crippen LogP contribution in [-0.4, -0.2) is 33.9 Å². The first-order valence-electron chi connectivity index (χ1n) is 9.05. The van der Waals surface area contributed by atoms with Gasteiger partial charge in [-0.05, 0) is 53.8 Å². The molecule has 0 spiro atoms. The van der Waals surface area contributed by atoms with Crippen LogP contribution >= 0.6 is 0 Å². The minimum atomic E-state index is -3.44. The van der Waals surface area contributed by atoms with Crippen LogP contribution in [0, 0.1) is 5.92 Å². The highest BCUT2D eigenvalue weighted by Gasteiger charge is 2.38. The van der Waals surface area contributed by atoms with E-state index in [4.69, 9.17) is 4.74 Å². The molecule has 2 aromatic rings. The van der Waals surface area contributed by atoms with Crippen molar-refractivity contribution in [1.29, 1.82) is 0 Å². The summed E-state index contributed by atoms with van der Waals surface area (Å²) >= 11 is 0. The van der Waals surface area contributed by atoms with E-state index in [2.05, 4.69) is 29.6 Å². The summed E-state index contributed by atoms with van der Waals surface area (Å²) in [6.07, 6.45) is 5.39. The summed E-state index contributed by atoms with van der Waals surface area (Å²) in [5, 5.41) is 3.64. The lowest BCUT2D eigenvalue weighted by Crippen LogP contribution is -2.29. The van der Waals surface area contributed by atoms with E-state index in [0.29, 0.717) is 10.8 Å². The lowest BCUT2D eigenvalue weighted by molar-refractivity contribution is 0.411. The van der Waals surface area contributed by atoms with Gasteiger partial charge >= 0.3 is 0 Å². The zero-order valence-corrected chi connectivity index (χ0v) is 16.5. The molecule has 0 saturated heterocycles. The fourth-order valence-electron chi connectivity index (χ4n) is 4.09. The van der Waals surface area contributed by atoms with E-state index >= 15 is 0 Å². The van der Waals surface area contributed by atoms with E-state index in [1.165, 1.54) is 9.87 Å². The Bertz CT molecular complexity index is 981. The van der Waals surface area contributed by atoms with E-state index in [1.807, 2.05) is 24.3 Å². The standard InChI is InChI=1S/C21H24N2O3S/c1-23(2)27(24,25)16-11-12-20-19(13-16)17-5-4-6-18(17)21(22-20)14-7-9-15(26-3)10-8-14/h4-5,7-13,17-18,21-22H,6H2,1-3H3. The molecule has 4 rings (SSSR count). The normalized spacial score (nSPS) is 23.6. The van der Waals surface area contributed by atoms with Crippen molar-refractivity contribution in [2.75, 3.05) is 26.5 Å². The van der Waals surface area contributed by atoms with Crippen molar-refractivity contribution < 1.29 is 13.2 Å². The molecular formula is C21H24N2O3S. The van der Waals surface area contributed by atoms with E-state index in [-0.39, 0.29) is 12.0 Å². The molecule has 2 aliphatic rings. The van der Waals surface area contributed by atoms with Crippen molar-refractivity contribution in [2.24, 2.45) is 5.92 Å². The van der Waals surface area contributed by atoms with Crippen LogP contribution in [0.4, 0.5) is 5.69 Å². The van der Waals surface area contributed by atoms with Crippen LogP contribution in [0.5, 0.6) is 5.75 Å². The van der Waals surface area contributed by atoms with Crippen molar-refractivity contribution in [3.05, 3.63) is 65.7 Å². The number of sulfonamides is 1. The Morgan fingerprint density at radius 2 is 1.85 bits per heavy atom. The predicted octanol–water partition coefficient (Wildman–Crippen LogP) is 3.77. The molecule has 5 nitrogen and oxygen atoms in total. The molecular weight excluding hydrogens is 360 g/mol. The third-order valence-corrected chi connectivity index (χ3v) is 7.40. The zero-order valence-electron chi connectivity index (χ0n) is 15.7. The van der Waals surface area contributed by atoms with Crippen LogP contribution in [-0.2, 0) is 10.0 Å². The average Bonchev–Trinajstić information content (AvgIpc) is 3.17. The lowest BCUT2D eigenvalue weighted by atomic mass is 9.77. The summed E-state index contributed by atoms with van der Waals surface area (Å²) < 4.78 is 31.6. The van der Waals surface area contributed by atoms with Crippen molar-refractivity contribution in [3.8, 4) is 5.75 Å². The number of hydrogen-bond donors (Lipinski definition) is 1. The Hall–Kier alpha value is -2.31. The van der Waals surface area contributed by atoms with E-state index in [0.717, 1.165) is 23.4 Å². The molecule has 1 aliphatic carbocycles. The van der Waals surface area contributed by atoms with Gasteiger partial charge in [0.25, 0.3) is 0 Å². The fourth-order valence-corrected chi connectivity index (χ4v) is 5.02. The third-order valence-electron chi connectivity index (χ3n) is 5.59. The van der Waals surface area contributed by atoms with E-state index in [9.17, 15) is 8.42 Å². The van der Waals surface area contributed by atoms with Crippen molar-refractivity contribution in [1.82, 2.24) is 4.31 Å². The van der Waals surface area contributed by atoms with Gasteiger partial charge in [0.1, 0.15) is 5.75 Å². The lowest BCUT2D eigenvalue weighted by Gasteiger charge is -2.37. The number of rotatable bonds is 4. The number of nitrogens with zero attached hydrogens (tertiary/aromatic N) is 1. The Balaban J connectivity index is 1.74. The van der Waals surface area contributed by atoms with Gasteiger partial charge in [-0.25, -0.2) is 12.7 Å². The summed E-state index contributed by atoms with van der Waals surface area (Å²) in [7, 11) is 1.34. The molecule has 1 N–H and O–H groups in total. The molecule has 1 heterocycles. The molecule has 1 aliphatic heterocycles. The molecule has 3 atom stereocenters. The summed E-state index contributed by atoms with van der Waals surface area (Å²) in [4.78, 5) is 0.343. The molecule has 0 bridgehead atoms. The molecule has 0 aromatic heterocycles. The van der Waals surface area contributed by atoms with E-state index < -0.39 is 10.0 Å². The molecule has 27 heavy (non-hydrogen) atoms. The van der Waals surface area contributed by atoms with E-state index in [1.54, 1.807) is 27.3 Å². The molecule has 0 fully saturated rings. The largest absolute Gasteiger partial charge is 0.497 e. The summed E-state index contributed by atoms with van der Waals surface area (Å²) in [6, 6.07) is 13.8. The predicted molar refractivity (Wildman–Crippen MR) is 107 cm³/mol. The van der Waals surface area contributed by atoms with Crippen molar-refractivity contribution in [3.63, 3.8) is 0 Å². The second-order valence-electron chi connectivity index (χ2n) is 7.29. The van der Waals surface area contributed by atoms with Crippen molar-refractivity contribution >= 4 is 15.7 Å². The van der Waals surface area contributed by atoms with Crippen LogP contribution < -0.4 is 10.1 Å². The molecule has 142 valence electrons. The molecule has 0 amide bonds. The summed E-state index contributed by atoms with van der Waals surface area (Å²) in [6.45, 7) is 0. The number of methoxy groups -OCH3 is 1. The van der Waals surface area contributed by atoms with Gasteiger partial charge in [-0.1, -0.05) is 24.3 Å². The zero-order chi connectivity index (χ0) is 19.2. The number of fused-ring (bicyclic) bond motifs is 3. The van der Waals surface area contributed by atoms with Crippen LogP contribution in [0.3, 0.4) is 0 Å². The first kappa shape index (κ1) is 18.1. The molecule has 2 aromatic carbocycles.